The van der Waals surface area contributed by atoms with Gasteiger partial charge in [0.25, 0.3) is 0 Å². The molecule has 2 aromatic rings. The summed E-state index contributed by atoms with van der Waals surface area (Å²) in [5, 5.41) is 12.9. The molecule has 144 valence electrons. The van der Waals surface area contributed by atoms with Gasteiger partial charge >= 0.3 is 6.03 Å². The Labute approximate surface area is 158 Å². The van der Waals surface area contributed by atoms with Crippen LogP contribution in [0.4, 0.5) is 10.5 Å². The Morgan fingerprint density at radius 2 is 2.22 bits per heavy atom. The number of urea groups is 1. The molecular weight excluding hydrogens is 364 g/mol. The van der Waals surface area contributed by atoms with Gasteiger partial charge in [-0.3, -0.25) is 9.67 Å². The van der Waals surface area contributed by atoms with Crippen molar-refractivity contribution in [3.05, 3.63) is 34.8 Å². The second-order valence-corrected chi connectivity index (χ2v) is 8.91. The van der Waals surface area contributed by atoms with Gasteiger partial charge in [0, 0.05) is 24.1 Å². The molecule has 2 heterocycles. The van der Waals surface area contributed by atoms with E-state index < -0.39 is 15.9 Å². The van der Waals surface area contributed by atoms with Crippen LogP contribution in [0.2, 0.25) is 0 Å². The number of fused-ring (bicyclic) bond motifs is 2. The van der Waals surface area contributed by atoms with Crippen molar-refractivity contribution in [1.29, 1.82) is 0 Å². The number of aryl methyl sites for hydroxylation is 2. The van der Waals surface area contributed by atoms with Crippen LogP contribution in [0.15, 0.2) is 21.7 Å². The van der Waals surface area contributed by atoms with Gasteiger partial charge in [0.2, 0.25) is 0 Å². The van der Waals surface area contributed by atoms with Gasteiger partial charge < -0.3 is 5.32 Å². The molecule has 2 amide bonds. The molecule has 0 spiro atoms. The predicted molar refractivity (Wildman–Crippen MR) is 103 cm³/mol. The first-order chi connectivity index (χ1) is 12.9. The Morgan fingerprint density at radius 1 is 1.41 bits per heavy atom. The van der Waals surface area contributed by atoms with Crippen molar-refractivity contribution in [2.75, 3.05) is 5.32 Å². The smallest absolute Gasteiger partial charge is 0.305 e. The van der Waals surface area contributed by atoms with Crippen LogP contribution < -0.4 is 10.5 Å². The van der Waals surface area contributed by atoms with Crippen LogP contribution in [-0.4, -0.2) is 25.0 Å². The van der Waals surface area contributed by atoms with Gasteiger partial charge in [0.15, 0.2) is 14.9 Å². The van der Waals surface area contributed by atoms with E-state index in [0.717, 1.165) is 60.3 Å². The molecule has 0 saturated carbocycles. The van der Waals surface area contributed by atoms with E-state index in [-0.39, 0.29) is 5.03 Å². The van der Waals surface area contributed by atoms with Crippen molar-refractivity contribution < 1.29 is 9.00 Å². The first kappa shape index (κ1) is 18.1. The molecule has 9 heteroatoms. The molecular formula is C18H24N6O2S. The number of amides is 2. The number of hydrogen-bond acceptors (Lipinski definition) is 4. The van der Waals surface area contributed by atoms with Gasteiger partial charge in [-0.15, -0.1) is 4.36 Å². The number of pyridine rings is 1. The van der Waals surface area contributed by atoms with Crippen molar-refractivity contribution in [3.8, 4) is 0 Å². The number of aromatic nitrogens is 3. The fourth-order valence-electron chi connectivity index (χ4n) is 3.93. The summed E-state index contributed by atoms with van der Waals surface area (Å²) < 4.78 is 18.0. The van der Waals surface area contributed by atoms with Gasteiger partial charge in [-0.05, 0) is 62.1 Å². The summed E-state index contributed by atoms with van der Waals surface area (Å²) in [5.41, 5.74) is 5.12. The molecule has 2 aliphatic carbocycles. The highest BCUT2D eigenvalue weighted by Crippen LogP contribution is 2.41. The lowest BCUT2D eigenvalue weighted by molar-refractivity contribution is 0.260. The highest BCUT2D eigenvalue weighted by molar-refractivity contribution is 7.91. The van der Waals surface area contributed by atoms with Gasteiger partial charge in [-0.25, -0.2) is 14.1 Å². The third-order valence-electron chi connectivity index (χ3n) is 5.34. The van der Waals surface area contributed by atoms with Gasteiger partial charge in [0.1, 0.15) is 0 Å². The third-order valence-corrected chi connectivity index (χ3v) is 6.60. The zero-order valence-electron chi connectivity index (χ0n) is 15.6. The number of nitrogens with one attached hydrogen (secondary N) is 1. The molecule has 3 N–H and O–H groups in total. The lowest BCUT2D eigenvalue weighted by Crippen LogP contribution is -2.19. The van der Waals surface area contributed by atoms with Crippen LogP contribution >= 0.6 is 0 Å². The molecule has 2 aromatic heterocycles. The van der Waals surface area contributed by atoms with Gasteiger partial charge in [0.05, 0.1) is 5.69 Å². The fraction of sp³-hybridized carbons (Fsp3) is 0.500. The number of carbonyl (C=O) groups excluding carboxylic acids is 1. The van der Waals surface area contributed by atoms with Crippen LogP contribution in [-0.2, 0) is 35.7 Å². The van der Waals surface area contributed by atoms with Crippen LogP contribution in [0.1, 0.15) is 55.1 Å². The Balaban J connectivity index is 1.68. The average molecular weight is 388 g/mol. The van der Waals surface area contributed by atoms with Crippen molar-refractivity contribution in [2.24, 2.45) is 9.50 Å². The maximum absolute atomic E-state index is 12.7. The Hall–Kier alpha value is -2.26. The van der Waals surface area contributed by atoms with Crippen LogP contribution in [0.5, 0.6) is 0 Å². The number of nitrogens with zero attached hydrogens (tertiary/aromatic N) is 4. The van der Waals surface area contributed by atoms with Crippen LogP contribution in [0.3, 0.4) is 0 Å². The number of nitrogens with two attached hydrogens (primary N) is 1. The lowest BCUT2D eigenvalue weighted by Gasteiger charge is -2.15. The average Bonchev–Trinajstić information content (AvgIpc) is 3.34. The minimum Gasteiger partial charge on any atom is -0.305 e. The molecule has 0 bridgehead atoms. The molecule has 0 fully saturated rings. The zero-order valence-corrected chi connectivity index (χ0v) is 16.4. The van der Waals surface area contributed by atoms with E-state index in [1.165, 1.54) is 6.07 Å². The van der Waals surface area contributed by atoms with Crippen molar-refractivity contribution in [2.45, 2.75) is 63.4 Å². The fourth-order valence-corrected chi connectivity index (χ4v) is 4.79. The first-order valence-electron chi connectivity index (χ1n) is 9.33. The molecule has 0 aliphatic heterocycles. The maximum Gasteiger partial charge on any atom is 0.354 e. The van der Waals surface area contributed by atoms with E-state index >= 15 is 0 Å². The topological polar surface area (TPSA) is 115 Å². The molecule has 0 radical (unpaired) electrons. The highest BCUT2D eigenvalue weighted by Gasteiger charge is 2.30. The summed E-state index contributed by atoms with van der Waals surface area (Å²) in [7, 11) is -3.39. The molecule has 0 unspecified atom stereocenters. The second kappa shape index (κ2) is 6.72. The SMILES string of the molecule is CCn1ccc([S@@](N)(=O)=NC(=O)Nc2c3c(nc4c2CC[C@H]4C)CCC3)n1. The third kappa shape index (κ3) is 3.25. The summed E-state index contributed by atoms with van der Waals surface area (Å²) in [6.07, 6.45) is 6.41. The van der Waals surface area contributed by atoms with E-state index in [4.69, 9.17) is 10.1 Å². The maximum atomic E-state index is 12.7. The summed E-state index contributed by atoms with van der Waals surface area (Å²) in [6, 6.07) is 0.835. The van der Waals surface area contributed by atoms with Crippen LogP contribution in [0, 0.1) is 0 Å². The second-order valence-electron chi connectivity index (χ2n) is 7.17. The summed E-state index contributed by atoms with van der Waals surface area (Å²) >= 11 is 0. The summed E-state index contributed by atoms with van der Waals surface area (Å²) in [4.78, 5) is 17.4. The number of hydrogen-bond donors (Lipinski definition) is 2. The van der Waals surface area contributed by atoms with Crippen molar-refractivity contribution >= 4 is 21.6 Å². The Kier molecular flexibility index (Phi) is 4.51. The quantitative estimate of drug-likeness (QED) is 0.841. The van der Waals surface area contributed by atoms with Crippen molar-refractivity contribution in [1.82, 2.24) is 14.8 Å². The monoisotopic (exact) mass is 388 g/mol. The van der Waals surface area contributed by atoms with Gasteiger partial charge in [-0.2, -0.15) is 5.10 Å². The summed E-state index contributed by atoms with van der Waals surface area (Å²) in [6.45, 7) is 4.69. The number of anilines is 1. The zero-order chi connectivity index (χ0) is 19.2. The number of carbonyl (C=O) groups is 1. The molecule has 2 aliphatic rings. The summed E-state index contributed by atoms with van der Waals surface area (Å²) in [5.74, 6) is 0.384. The normalized spacial score (nSPS) is 20.0. The van der Waals surface area contributed by atoms with E-state index in [0.29, 0.717) is 12.5 Å². The minimum atomic E-state index is -3.39. The molecule has 0 saturated heterocycles. The largest absolute Gasteiger partial charge is 0.354 e. The van der Waals surface area contributed by atoms with E-state index in [1.807, 2.05) is 6.92 Å². The van der Waals surface area contributed by atoms with E-state index in [2.05, 4.69) is 21.7 Å². The minimum absolute atomic E-state index is 0.110. The van der Waals surface area contributed by atoms with Gasteiger partial charge in [-0.1, -0.05) is 6.92 Å². The molecule has 2 atom stereocenters. The molecule has 4 rings (SSSR count). The van der Waals surface area contributed by atoms with Crippen molar-refractivity contribution in [3.63, 3.8) is 0 Å². The standard InChI is InChI=1S/C18H24N6O2S/c1-3-24-10-9-15(22-24)27(19,26)23-18(25)21-17-12-5-4-6-14(12)20-16-11(2)7-8-13(16)17/h9-11H,3-8H2,1-2H3,(H3,19,20,21,23,25,26)/t11-,27+/m1/s1. The molecule has 27 heavy (non-hydrogen) atoms. The molecule has 0 aromatic carbocycles. The van der Waals surface area contributed by atoms with Crippen LogP contribution in [0.25, 0.3) is 0 Å². The number of rotatable bonds is 3. The Bertz CT molecular complexity index is 1030. The highest BCUT2D eigenvalue weighted by atomic mass is 32.2. The Morgan fingerprint density at radius 3 is 2.96 bits per heavy atom. The first-order valence-corrected chi connectivity index (χ1v) is 10.9. The van der Waals surface area contributed by atoms with E-state index in [1.54, 1.807) is 10.9 Å². The molecule has 8 nitrogen and oxygen atoms in total. The lowest BCUT2D eigenvalue weighted by atomic mass is 10.0. The van der Waals surface area contributed by atoms with E-state index in [9.17, 15) is 9.00 Å². The predicted octanol–water partition coefficient (Wildman–Crippen LogP) is 2.77.